The predicted octanol–water partition coefficient (Wildman–Crippen LogP) is 3.39. The number of halogens is 3. The van der Waals surface area contributed by atoms with E-state index >= 15 is 0 Å². The van der Waals surface area contributed by atoms with Gasteiger partial charge in [-0.3, -0.25) is 4.79 Å². The summed E-state index contributed by atoms with van der Waals surface area (Å²) in [5.74, 6) is -0.124. The van der Waals surface area contributed by atoms with Crippen LogP contribution in [-0.4, -0.2) is 30.0 Å². The van der Waals surface area contributed by atoms with Gasteiger partial charge >= 0.3 is 6.18 Å². The molecule has 1 atom stereocenters. The summed E-state index contributed by atoms with van der Waals surface area (Å²) in [5.41, 5.74) is 0.165. The first-order valence-corrected chi connectivity index (χ1v) is 6.60. The van der Waals surface area contributed by atoms with Crippen LogP contribution in [0.4, 0.5) is 13.2 Å². The van der Waals surface area contributed by atoms with Crippen LogP contribution in [0.3, 0.4) is 0 Å². The smallest absolute Gasteiger partial charge is 0.273 e. The van der Waals surface area contributed by atoms with Crippen molar-refractivity contribution in [3.05, 3.63) is 41.5 Å². The molecule has 1 amide bonds. The molecule has 1 aromatic rings. The summed E-state index contributed by atoms with van der Waals surface area (Å²) in [6.45, 7) is 1.87. The first-order chi connectivity index (χ1) is 9.70. The molecule has 0 fully saturated rings. The molecular weight excluding hydrogens is 281 g/mol. The minimum atomic E-state index is -4.40. The van der Waals surface area contributed by atoms with E-state index in [9.17, 15) is 18.0 Å². The Morgan fingerprint density at radius 1 is 1.29 bits per heavy atom. The summed E-state index contributed by atoms with van der Waals surface area (Å²) in [6, 6.07) is 5.05. The van der Waals surface area contributed by atoms with Gasteiger partial charge in [0.05, 0.1) is 11.3 Å². The Balaban J connectivity index is 2.50. The molecule has 114 valence electrons. The lowest BCUT2D eigenvalue weighted by atomic mass is 9.97. The normalized spacial score (nSPS) is 20.0. The van der Waals surface area contributed by atoms with Crippen molar-refractivity contribution in [2.24, 2.45) is 5.92 Å². The number of nitrogens with zero attached hydrogens (tertiary/aromatic N) is 2. The maximum atomic E-state index is 12.8. The van der Waals surface area contributed by atoms with Gasteiger partial charge in [0, 0.05) is 26.1 Å². The van der Waals surface area contributed by atoms with E-state index in [0.29, 0.717) is 17.7 Å². The van der Waals surface area contributed by atoms with Crippen LogP contribution < -0.4 is 0 Å². The average molecular weight is 298 g/mol. The predicted molar refractivity (Wildman–Crippen MR) is 73.7 cm³/mol. The Morgan fingerprint density at radius 2 is 1.95 bits per heavy atom. The van der Waals surface area contributed by atoms with Crippen molar-refractivity contribution in [3.63, 3.8) is 0 Å². The summed E-state index contributed by atoms with van der Waals surface area (Å²) < 4.78 is 38.5. The van der Waals surface area contributed by atoms with Crippen LogP contribution in [-0.2, 0) is 11.0 Å². The van der Waals surface area contributed by atoms with Gasteiger partial charge in [-0.2, -0.15) is 13.2 Å². The highest BCUT2D eigenvalue weighted by molar-refractivity contribution is 5.89. The fraction of sp³-hybridized carbons (Fsp3) is 0.400. The van der Waals surface area contributed by atoms with Crippen LogP contribution in [0.5, 0.6) is 0 Å². The molecule has 2 rings (SSSR count). The zero-order chi connectivity index (χ0) is 15.8. The Hall–Kier alpha value is -1.82. The van der Waals surface area contributed by atoms with Crippen LogP contribution >= 0.6 is 0 Å². The molecule has 3 nitrogen and oxygen atoms in total. The number of hydrogen-bond acceptors (Lipinski definition) is 2. The number of carbonyl (C=O) groups is 1. The second-order valence-corrected chi connectivity index (χ2v) is 5.36. The monoisotopic (exact) mass is 298 g/mol. The summed E-state index contributed by atoms with van der Waals surface area (Å²) in [5, 5.41) is 3.00. The standard InChI is InChI=1S/C15H17F3N2O/c1-10-7-13(20(19(2)3)14(21)8-10)11-5-4-6-12(9-11)15(16,17)18/h4-7,9-10H,8H2,1-3H3. The van der Waals surface area contributed by atoms with Gasteiger partial charge in [-0.05, 0) is 18.1 Å². The minimum absolute atomic E-state index is 0.00163. The molecule has 1 unspecified atom stereocenters. The molecule has 1 aliphatic rings. The fourth-order valence-electron chi connectivity index (χ4n) is 2.41. The molecule has 0 aliphatic carbocycles. The Morgan fingerprint density at radius 3 is 2.52 bits per heavy atom. The van der Waals surface area contributed by atoms with Gasteiger partial charge in [0.1, 0.15) is 0 Å². The number of allylic oxidation sites excluding steroid dienone is 1. The molecule has 0 radical (unpaired) electrons. The molecule has 1 heterocycles. The van der Waals surface area contributed by atoms with Crippen molar-refractivity contribution in [2.75, 3.05) is 14.1 Å². The van der Waals surface area contributed by atoms with Gasteiger partial charge in [-0.1, -0.05) is 25.1 Å². The van der Waals surface area contributed by atoms with E-state index in [1.807, 2.05) is 13.0 Å². The van der Waals surface area contributed by atoms with Crippen molar-refractivity contribution in [3.8, 4) is 0 Å². The van der Waals surface area contributed by atoms with Crippen molar-refractivity contribution in [1.82, 2.24) is 10.0 Å². The summed E-state index contributed by atoms with van der Waals surface area (Å²) in [7, 11) is 3.38. The van der Waals surface area contributed by atoms with Gasteiger partial charge in [0.2, 0.25) is 5.91 Å². The topological polar surface area (TPSA) is 23.6 Å². The molecule has 0 saturated carbocycles. The molecule has 1 aliphatic heterocycles. The molecule has 21 heavy (non-hydrogen) atoms. The highest BCUT2D eigenvalue weighted by Crippen LogP contribution is 2.34. The quantitative estimate of drug-likeness (QED) is 0.835. The van der Waals surface area contributed by atoms with Crippen LogP contribution in [0.15, 0.2) is 30.3 Å². The van der Waals surface area contributed by atoms with E-state index in [0.717, 1.165) is 12.1 Å². The molecule has 0 aromatic heterocycles. The van der Waals surface area contributed by atoms with Crippen LogP contribution in [0.1, 0.15) is 24.5 Å². The number of hydrazine groups is 1. The Bertz CT molecular complexity index is 579. The Kier molecular flexibility index (Phi) is 4.09. The molecule has 0 saturated heterocycles. The maximum absolute atomic E-state index is 12.8. The second-order valence-electron chi connectivity index (χ2n) is 5.36. The first kappa shape index (κ1) is 15.6. The number of benzene rings is 1. The van der Waals surface area contributed by atoms with E-state index in [-0.39, 0.29) is 11.8 Å². The van der Waals surface area contributed by atoms with Gasteiger partial charge < -0.3 is 0 Å². The molecule has 1 aromatic carbocycles. The van der Waals surface area contributed by atoms with Crippen LogP contribution in [0.25, 0.3) is 5.70 Å². The zero-order valence-electron chi connectivity index (χ0n) is 12.1. The van der Waals surface area contributed by atoms with Crippen molar-refractivity contribution in [1.29, 1.82) is 0 Å². The first-order valence-electron chi connectivity index (χ1n) is 6.60. The number of carbonyl (C=O) groups excluding carboxylic acids is 1. The largest absolute Gasteiger partial charge is 0.416 e. The third-order valence-corrected chi connectivity index (χ3v) is 3.29. The maximum Gasteiger partial charge on any atom is 0.416 e. The van der Waals surface area contributed by atoms with E-state index in [1.54, 1.807) is 25.2 Å². The zero-order valence-corrected chi connectivity index (χ0v) is 12.1. The molecule has 0 N–H and O–H groups in total. The average Bonchev–Trinajstić information content (AvgIpc) is 2.36. The van der Waals surface area contributed by atoms with Crippen LogP contribution in [0, 0.1) is 5.92 Å². The number of rotatable bonds is 2. The number of alkyl halides is 3. The fourth-order valence-corrected chi connectivity index (χ4v) is 2.41. The van der Waals surface area contributed by atoms with Crippen molar-refractivity contribution < 1.29 is 18.0 Å². The van der Waals surface area contributed by atoms with E-state index in [4.69, 9.17) is 0 Å². The van der Waals surface area contributed by atoms with Gasteiger partial charge in [0.25, 0.3) is 0 Å². The van der Waals surface area contributed by atoms with E-state index in [1.165, 1.54) is 11.1 Å². The van der Waals surface area contributed by atoms with E-state index < -0.39 is 11.7 Å². The number of amides is 1. The van der Waals surface area contributed by atoms with Crippen molar-refractivity contribution in [2.45, 2.75) is 19.5 Å². The molecular formula is C15H17F3N2O. The molecule has 0 spiro atoms. The van der Waals surface area contributed by atoms with Gasteiger partial charge in [0.15, 0.2) is 0 Å². The SMILES string of the molecule is CC1C=C(c2cccc(C(F)(F)F)c2)N(N(C)C)C(=O)C1. The third-order valence-electron chi connectivity index (χ3n) is 3.29. The molecule has 0 bridgehead atoms. The van der Waals surface area contributed by atoms with Crippen LogP contribution in [0.2, 0.25) is 0 Å². The lowest BCUT2D eigenvalue weighted by Crippen LogP contribution is -2.43. The summed E-state index contributed by atoms with van der Waals surface area (Å²) in [4.78, 5) is 12.1. The van der Waals surface area contributed by atoms with Crippen molar-refractivity contribution >= 4 is 11.6 Å². The molecule has 6 heteroatoms. The summed E-state index contributed by atoms with van der Waals surface area (Å²) in [6.07, 6.45) is -2.22. The third kappa shape index (κ3) is 3.26. The van der Waals surface area contributed by atoms with Gasteiger partial charge in [-0.25, -0.2) is 10.0 Å². The Labute approximate surface area is 121 Å². The van der Waals surface area contributed by atoms with E-state index in [2.05, 4.69) is 0 Å². The minimum Gasteiger partial charge on any atom is -0.273 e. The second kappa shape index (κ2) is 5.52. The highest BCUT2D eigenvalue weighted by atomic mass is 19.4. The van der Waals surface area contributed by atoms with Gasteiger partial charge in [-0.15, -0.1) is 0 Å². The highest BCUT2D eigenvalue weighted by Gasteiger charge is 2.32. The number of hydrogen-bond donors (Lipinski definition) is 0. The lowest BCUT2D eigenvalue weighted by molar-refractivity contribution is -0.139. The summed E-state index contributed by atoms with van der Waals surface area (Å²) >= 11 is 0. The lowest BCUT2D eigenvalue weighted by Gasteiger charge is -2.35.